The first-order chi connectivity index (χ1) is 50.0. The molecule has 532 valence electrons. The molecule has 0 spiro atoms. The molecule has 22 heteroatoms. The first-order valence-corrected chi connectivity index (χ1v) is 31.3. The van der Waals surface area contributed by atoms with E-state index in [9.17, 15) is 19.2 Å². The van der Waals surface area contributed by atoms with E-state index < -0.39 is 23.9 Å². The molecule has 9 heterocycles. The van der Waals surface area contributed by atoms with Crippen molar-refractivity contribution in [2.45, 2.75) is 0 Å². The molecule has 4 radical (unpaired) electrons. The first-order valence-electron chi connectivity index (χ1n) is 31.3. The van der Waals surface area contributed by atoms with E-state index in [1.54, 1.807) is 97.8 Å². The summed E-state index contributed by atoms with van der Waals surface area (Å²) in [6, 6.07) is 95.2. The van der Waals surface area contributed by atoms with Crippen molar-refractivity contribution in [3.05, 3.63) is 375 Å². The van der Waals surface area contributed by atoms with Gasteiger partial charge in [-0.05, 0) is 107 Å². The second-order valence-electron chi connectivity index (χ2n) is 21.2. The molecule has 0 saturated heterocycles. The summed E-state index contributed by atoms with van der Waals surface area (Å²) in [7, 11) is 0. The minimum atomic E-state index is -0.980. The van der Waals surface area contributed by atoms with Crippen molar-refractivity contribution in [1.82, 2.24) is 49.8 Å². The summed E-state index contributed by atoms with van der Waals surface area (Å²) >= 11 is 0. The zero-order valence-electron chi connectivity index (χ0n) is 55.4. The molecule has 0 saturated carbocycles. The van der Waals surface area contributed by atoms with Gasteiger partial charge in [-0.2, -0.15) is 0 Å². The molecule has 9 aromatic heterocycles. The van der Waals surface area contributed by atoms with E-state index in [1.165, 1.54) is 41.5 Å². The van der Waals surface area contributed by atoms with Crippen LogP contribution in [-0.4, -0.2) is 94.1 Å². The first kappa shape index (κ1) is 83.0. The van der Waals surface area contributed by atoms with Crippen LogP contribution in [0.5, 0.6) is 0 Å². The summed E-state index contributed by atoms with van der Waals surface area (Å²) in [6.07, 6.45) is 16.4. The number of benzene rings is 8. The van der Waals surface area contributed by atoms with E-state index in [2.05, 4.69) is 98.4 Å². The standard InChI is InChI=1S/C13H8N.3C11H8N.2C10H7NO2.2C9H6N2O2.4Ir/c1-2-6-12-10(4-1)7-8-11-5-3-9-14-13(11)12;3*1-2-6-10(7-3-1)11-8-4-5-9-12-11;2*12-10(13)8-5-1-3-7-4-2-6-11-9(7)8;12-9(13)6-3-5-10-7-2-1-4-11-8(6)7;12-9(13)6-2-1-3-7-8(6)11-5-4-10-7;;;;/h1-5,7-9H;3*1-6,8-9H;2*1-6H,(H,12,13);2*1-5H,(H,12,13);;;;/q4*-1;;;;;;;;. The van der Waals surface area contributed by atoms with E-state index in [-0.39, 0.29) is 103 Å². The Balaban J connectivity index is 0.000000189. The fraction of sp³-hybridized carbons (Fsp3) is 0. The van der Waals surface area contributed by atoms with Crippen molar-refractivity contribution in [2.75, 3.05) is 0 Å². The van der Waals surface area contributed by atoms with Gasteiger partial charge in [0.1, 0.15) is 11.0 Å². The molecule has 4 N–H and O–H groups in total. The van der Waals surface area contributed by atoms with Crippen molar-refractivity contribution in [3.63, 3.8) is 0 Å². The van der Waals surface area contributed by atoms with Crippen LogP contribution in [0.4, 0.5) is 0 Å². The van der Waals surface area contributed by atoms with Gasteiger partial charge in [-0.15, -0.1) is 143 Å². The van der Waals surface area contributed by atoms with Gasteiger partial charge in [0, 0.05) is 153 Å². The fourth-order valence-corrected chi connectivity index (χ4v) is 9.83. The Morgan fingerprint density at radius 3 is 0.962 bits per heavy atom. The van der Waals surface area contributed by atoms with E-state index in [4.69, 9.17) is 20.4 Å². The molecule has 0 atom stereocenters. The molecule has 17 aromatic rings. The van der Waals surface area contributed by atoms with Crippen molar-refractivity contribution < 1.29 is 120 Å². The van der Waals surface area contributed by atoms with Gasteiger partial charge in [-0.3, -0.25) is 29.9 Å². The number of rotatable bonds is 7. The van der Waals surface area contributed by atoms with Crippen molar-refractivity contribution >= 4 is 89.4 Å². The zero-order chi connectivity index (χ0) is 71.1. The number of hydrogen-bond acceptors (Lipinski definition) is 14. The summed E-state index contributed by atoms with van der Waals surface area (Å²) in [5.41, 5.74) is 11.1. The molecule has 18 nitrogen and oxygen atoms in total. The fourth-order valence-electron chi connectivity index (χ4n) is 9.83. The van der Waals surface area contributed by atoms with E-state index in [0.717, 1.165) is 55.4 Å². The van der Waals surface area contributed by atoms with Crippen LogP contribution in [0.2, 0.25) is 0 Å². The Morgan fingerprint density at radius 2 is 0.538 bits per heavy atom. The number of aromatic carboxylic acids is 4. The third-order valence-corrected chi connectivity index (χ3v) is 14.5. The number of hydrogen-bond donors (Lipinski definition) is 4. The van der Waals surface area contributed by atoms with Crippen LogP contribution in [0.3, 0.4) is 0 Å². The minimum absolute atomic E-state index is 0. The second kappa shape index (κ2) is 43.9. The summed E-state index contributed by atoms with van der Waals surface area (Å²) in [6.45, 7) is 0. The van der Waals surface area contributed by atoms with Gasteiger partial charge in [-0.1, -0.05) is 97.1 Å². The topological polar surface area (TPSA) is 278 Å². The molecule has 0 aliphatic carbocycles. The van der Waals surface area contributed by atoms with Crippen molar-refractivity contribution in [3.8, 4) is 33.8 Å². The average Bonchev–Trinajstić information content (AvgIpc) is 0.805. The molecule has 17 rings (SSSR count). The largest absolute Gasteiger partial charge is 0.478 e. The molecule has 106 heavy (non-hydrogen) atoms. The number of para-hydroxylation sites is 3. The number of nitrogens with zero attached hydrogens (tertiary/aromatic N) is 10. The molecular weight excluding hydrogens is 2050 g/mol. The van der Waals surface area contributed by atoms with Gasteiger partial charge in [0.05, 0.1) is 44.3 Å². The van der Waals surface area contributed by atoms with Crippen LogP contribution < -0.4 is 0 Å². The SMILES string of the molecule is O=C(O)c1cccc2cccnc12.O=C(O)c1cccc2cccnc12.O=C(O)c1cccc2nccnc12.O=C(O)c1ccnc2cccnc12.[Ir].[Ir].[Ir].[Ir].[c-]1cccc2ccc3cccnc3c12.[c-]1ccccc1-c1ccccn1.[c-]1ccccc1-c1ccccn1.[c-]1ccccc1-c1ccccn1. The van der Waals surface area contributed by atoms with Crippen LogP contribution >= 0.6 is 0 Å². The number of fused-ring (bicyclic) bond motifs is 7. The van der Waals surface area contributed by atoms with Crippen LogP contribution in [0.1, 0.15) is 41.4 Å². The number of carbonyl (C=O) groups is 4. The molecule has 0 unspecified atom stereocenters. The molecule has 0 fully saturated rings. The molecule has 0 amide bonds. The Bertz CT molecular complexity index is 4870. The van der Waals surface area contributed by atoms with E-state index >= 15 is 0 Å². The quantitative estimate of drug-likeness (QED) is 0.0852. The second-order valence-corrected chi connectivity index (χ2v) is 21.2. The number of pyridine rings is 8. The predicted molar refractivity (Wildman–Crippen MR) is 394 cm³/mol. The maximum absolute atomic E-state index is 10.8. The Labute approximate surface area is 663 Å². The maximum atomic E-state index is 10.8. The third-order valence-electron chi connectivity index (χ3n) is 14.5. The van der Waals surface area contributed by atoms with Crippen LogP contribution in [0, 0.1) is 24.3 Å². The van der Waals surface area contributed by atoms with Gasteiger partial charge in [-0.25, -0.2) is 19.2 Å². The van der Waals surface area contributed by atoms with Gasteiger partial charge in [0.25, 0.3) is 0 Å². The van der Waals surface area contributed by atoms with E-state index in [1.807, 2.05) is 176 Å². The molecule has 0 aliphatic heterocycles. The summed E-state index contributed by atoms with van der Waals surface area (Å²) in [5, 5.41) is 40.5. The molecule has 8 aromatic carbocycles. The van der Waals surface area contributed by atoms with E-state index in [0.29, 0.717) is 33.1 Å². The monoisotopic (exact) mass is 2110 g/mol. The maximum Gasteiger partial charge on any atom is 0.338 e. The molecule has 0 aliphatic rings. The normalized spacial score (nSPS) is 9.70. The molecular formula is C84H58Ir4N10O8-4. The number of carboxylic acid groups (broad SMARTS) is 4. The predicted octanol–water partition coefficient (Wildman–Crippen LogP) is 17.3. The number of carboxylic acids is 4. The van der Waals surface area contributed by atoms with Gasteiger partial charge >= 0.3 is 23.9 Å². The van der Waals surface area contributed by atoms with Gasteiger partial charge in [0.2, 0.25) is 0 Å². The third kappa shape index (κ3) is 23.8. The minimum Gasteiger partial charge on any atom is -0.478 e. The van der Waals surface area contributed by atoms with Gasteiger partial charge < -0.3 is 40.4 Å². The van der Waals surface area contributed by atoms with Crippen molar-refractivity contribution in [1.29, 1.82) is 0 Å². The smallest absolute Gasteiger partial charge is 0.338 e. The number of aromatic nitrogens is 10. The summed E-state index contributed by atoms with van der Waals surface area (Å²) in [5.74, 6) is -3.84. The Hall–Kier alpha value is -11.9. The summed E-state index contributed by atoms with van der Waals surface area (Å²) in [4.78, 5) is 84.0. The van der Waals surface area contributed by atoms with Crippen LogP contribution in [-0.2, 0) is 80.4 Å². The van der Waals surface area contributed by atoms with Crippen LogP contribution in [0.25, 0.3) is 99.3 Å². The molecule has 0 bridgehead atoms. The van der Waals surface area contributed by atoms with Crippen LogP contribution in [0.15, 0.2) is 329 Å². The Kier molecular flexibility index (Phi) is 34.4. The van der Waals surface area contributed by atoms with Crippen molar-refractivity contribution in [2.24, 2.45) is 0 Å². The zero-order valence-corrected chi connectivity index (χ0v) is 65.0. The average molecular weight is 2100 g/mol. The Morgan fingerprint density at radius 1 is 0.226 bits per heavy atom. The van der Waals surface area contributed by atoms with Gasteiger partial charge in [0.15, 0.2) is 0 Å². The summed E-state index contributed by atoms with van der Waals surface area (Å²) < 4.78 is 0.